The van der Waals surface area contributed by atoms with Crippen LogP contribution in [0.1, 0.15) is 12.8 Å². The molecule has 3 nitrogen and oxygen atoms in total. The van der Waals surface area contributed by atoms with Gasteiger partial charge in [-0.2, -0.15) is 0 Å². The fourth-order valence-electron chi connectivity index (χ4n) is 1.52. The third kappa shape index (κ3) is 2.50. The molecule has 1 heterocycles. The summed E-state index contributed by atoms with van der Waals surface area (Å²) in [5, 5.41) is 3.31. The molecule has 1 aromatic rings. The molecule has 80 valence electrons. The maximum Gasteiger partial charge on any atom is 0.121 e. The number of nitrogens with one attached hydrogen (secondary N) is 1. The molecule has 1 aliphatic rings. The number of rotatable bonds is 2. The van der Waals surface area contributed by atoms with E-state index in [0.717, 1.165) is 41.1 Å². The largest absolute Gasteiger partial charge is 0.497 e. The second kappa shape index (κ2) is 4.66. The fraction of sp³-hybridized carbons (Fsp3) is 0.364. The SMILES string of the molecule is COc1ccc(Br)c(NC2=NCCC2)c1. The van der Waals surface area contributed by atoms with Gasteiger partial charge in [0.2, 0.25) is 0 Å². The van der Waals surface area contributed by atoms with Crippen molar-refractivity contribution in [1.29, 1.82) is 0 Å². The van der Waals surface area contributed by atoms with Crippen LogP contribution in [-0.2, 0) is 0 Å². The summed E-state index contributed by atoms with van der Waals surface area (Å²) in [5.41, 5.74) is 1.01. The number of ether oxygens (including phenoxy) is 1. The van der Waals surface area contributed by atoms with E-state index in [4.69, 9.17) is 4.74 Å². The lowest BCUT2D eigenvalue weighted by molar-refractivity contribution is 0.415. The van der Waals surface area contributed by atoms with E-state index in [-0.39, 0.29) is 0 Å². The van der Waals surface area contributed by atoms with Crippen LogP contribution in [0.5, 0.6) is 5.75 Å². The molecular weight excluding hydrogens is 256 g/mol. The molecule has 0 saturated heterocycles. The quantitative estimate of drug-likeness (QED) is 0.895. The summed E-state index contributed by atoms with van der Waals surface area (Å²) in [6.07, 6.45) is 2.17. The van der Waals surface area contributed by atoms with E-state index in [2.05, 4.69) is 26.2 Å². The van der Waals surface area contributed by atoms with Crippen molar-refractivity contribution in [2.75, 3.05) is 19.0 Å². The molecule has 0 spiro atoms. The van der Waals surface area contributed by atoms with Crippen LogP contribution in [0.25, 0.3) is 0 Å². The third-order valence-electron chi connectivity index (χ3n) is 2.33. The smallest absolute Gasteiger partial charge is 0.121 e. The summed E-state index contributed by atoms with van der Waals surface area (Å²) in [6.45, 7) is 0.934. The monoisotopic (exact) mass is 268 g/mol. The summed E-state index contributed by atoms with van der Waals surface area (Å²) >= 11 is 3.49. The normalized spacial score (nSPS) is 14.9. The van der Waals surface area contributed by atoms with Crippen molar-refractivity contribution < 1.29 is 4.74 Å². The van der Waals surface area contributed by atoms with E-state index < -0.39 is 0 Å². The summed E-state index contributed by atoms with van der Waals surface area (Å²) < 4.78 is 6.20. The zero-order valence-corrected chi connectivity index (χ0v) is 10.2. The van der Waals surface area contributed by atoms with Crippen molar-refractivity contribution >= 4 is 27.5 Å². The van der Waals surface area contributed by atoms with Crippen LogP contribution in [0.15, 0.2) is 27.7 Å². The van der Waals surface area contributed by atoms with Crippen molar-refractivity contribution in [3.05, 3.63) is 22.7 Å². The molecule has 15 heavy (non-hydrogen) atoms. The minimum absolute atomic E-state index is 0.847. The molecule has 0 atom stereocenters. The standard InChI is InChI=1S/C11H13BrN2O/c1-15-8-4-5-9(12)10(7-8)14-11-3-2-6-13-11/h4-5,7H,2-3,6H2,1H3,(H,13,14). The first-order valence-electron chi connectivity index (χ1n) is 4.93. The predicted molar refractivity (Wildman–Crippen MR) is 65.9 cm³/mol. The van der Waals surface area contributed by atoms with Crippen LogP contribution in [0.2, 0.25) is 0 Å². The highest BCUT2D eigenvalue weighted by Gasteiger charge is 2.08. The number of benzene rings is 1. The van der Waals surface area contributed by atoms with E-state index in [0.29, 0.717) is 0 Å². The van der Waals surface area contributed by atoms with Crippen molar-refractivity contribution in [2.45, 2.75) is 12.8 Å². The van der Waals surface area contributed by atoms with Gasteiger partial charge in [-0.3, -0.25) is 4.99 Å². The minimum atomic E-state index is 0.847. The Morgan fingerprint density at radius 1 is 1.47 bits per heavy atom. The van der Waals surface area contributed by atoms with E-state index in [1.54, 1.807) is 7.11 Å². The highest BCUT2D eigenvalue weighted by atomic mass is 79.9. The number of methoxy groups -OCH3 is 1. The molecule has 0 aliphatic carbocycles. The second-order valence-corrected chi connectivity index (χ2v) is 4.26. The van der Waals surface area contributed by atoms with Crippen LogP contribution in [-0.4, -0.2) is 19.5 Å². The number of hydrogen-bond acceptors (Lipinski definition) is 3. The van der Waals surface area contributed by atoms with Gasteiger partial charge in [-0.15, -0.1) is 0 Å². The van der Waals surface area contributed by atoms with Gasteiger partial charge in [0, 0.05) is 23.5 Å². The summed E-state index contributed by atoms with van der Waals surface area (Å²) in [7, 11) is 1.67. The van der Waals surface area contributed by atoms with Gasteiger partial charge in [-0.05, 0) is 34.5 Å². The Labute approximate surface area is 97.7 Å². The Bertz CT molecular complexity index is 390. The fourth-order valence-corrected chi connectivity index (χ4v) is 1.87. The number of halogens is 1. The van der Waals surface area contributed by atoms with Gasteiger partial charge in [0.05, 0.1) is 12.8 Å². The minimum Gasteiger partial charge on any atom is -0.497 e. The topological polar surface area (TPSA) is 33.6 Å². The Morgan fingerprint density at radius 3 is 3.00 bits per heavy atom. The zero-order valence-electron chi connectivity index (χ0n) is 8.59. The average Bonchev–Trinajstić information content (AvgIpc) is 2.74. The Balaban J connectivity index is 2.18. The molecule has 1 aliphatic heterocycles. The maximum atomic E-state index is 5.17. The summed E-state index contributed by atoms with van der Waals surface area (Å²) in [5.74, 6) is 1.91. The molecule has 1 aromatic carbocycles. The molecule has 0 radical (unpaired) electrons. The van der Waals surface area contributed by atoms with Crippen molar-refractivity contribution in [3.8, 4) is 5.75 Å². The van der Waals surface area contributed by atoms with Gasteiger partial charge >= 0.3 is 0 Å². The molecule has 1 N–H and O–H groups in total. The predicted octanol–water partition coefficient (Wildman–Crippen LogP) is 3.06. The van der Waals surface area contributed by atoms with Gasteiger partial charge in [0.1, 0.15) is 11.6 Å². The highest BCUT2D eigenvalue weighted by molar-refractivity contribution is 9.10. The molecule has 0 unspecified atom stereocenters. The Morgan fingerprint density at radius 2 is 2.33 bits per heavy atom. The van der Waals surface area contributed by atoms with Gasteiger partial charge in [-0.1, -0.05) is 0 Å². The first kappa shape index (κ1) is 10.5. The van der Waals surface area contributed by atoms with E-state index in [1.165, 1.54) is 0 Å². The highest BCUT2D eigenvalue weighted by Crippen LogP contribution is 2.27. The van der Waals surface area contributed by atoms with Gasteiger partial charge in [-0.25, -0.2) is 0 Å². The van der Waals surface area contributed by atoms with Crippen LogP contribution >= 0.6 is 15.9 Å². The van der Waals surface area contributed by atoms with Crippen molar-refractivity contribution in [2.24, 2.45) is 4.99 Å². The number of anilines is 1. The molecule has 0 amide bonds. The molecular formula is C11H13BrN2O. The first-order chi connectivity index (χ1) is 7.29. The first-order valence-corrected chi connectivity index (χ1v) is 5.73. The lowest BCUT2D eigenvalue weighted by Crippen LogP contribution is -2.08. The summed E-state index contributed by atoms with van der Waals surface area (Å²) in [4.78, 5) is 4.37. The molecule has 0 aromatic heterocycles. The van der Waals surface area contributed by atoms with E-state index in [9.17, 15) is 0 Å². The molecule has 4 heteroatoms. The molecule has 2 rings (SSSR count). The Kier molecular flexibility index (Phi) is 3.26. The van der Waals surface area contributed by atoms with E-state index in [1.807, 2.05) is 18.2 Å². The lowest BCUT2D eigenvalue weighted by atomic mass is 10.3. The number of amidine groups is 1. The molecule has 0 fully saturated rings. The van der Waals surface area contributed by atoms with Crippen LogP contribution in [0.3, 0.4) is 0 Å². The average molecular weight is 269 g/mol. The second-order valence-electron chi connectivity index (χ2n) is 3.40. The van der Waals surface area contributed by atoms with Crippen LogP contribution in [0.4, 0.5) is 5.69 Å². The van der Waals surface area contributed by atoms with Crippen LogP contribution < -0.4 is 10.1 Å². The molecule has 0 saturated carbocycles. The lowest BCUT2D eigenvalue weighted by Gasteiger charge is -2.09. The van der Waals surface area contributed by atoms with E-state index >= 15 is 0 Å². The molecule has 0 bridgehead atoms. The van der Waals surface area contributed by atoms with Gasteiger partial charge < -0.3 is 10.1 Å². The third-order valence-corrected chi connectivity index (χ3v) is 3.02. The number of aliphatic imine (C=N–C) groups is 1. The van der Waals surface area contributed by atoms with Crippen molar-refractivity contribution in [3.63, 3.8) is 0 Å². The van der Waals surface area contributed by atoms with Gasteiger partial charge in [0.15, 0.2) is 0 Å². The number of nitrogens with zero attached hydrogens (tertiary/aromatic N) is 1. The zero-order chi connectivity index (χ0) is 10.7. The van der Waals surface area contributed by atoms with Crippen LogP contribution in [0, 0.1) is 0 Å². The van der Waals surface area contributed by atoms with Crippen molar-refractivity contribution in [1.82, 2.24) is 0 Å². The van der Waals surface area contributed by atoms with Gasteiger partial charge in [0.25, 0.3) is 0 Å². The summed E-state index contributed by atoms with van der Waals surface area (Å²) in [6, 6.07) is 5.85. The number of hydrogen-bond donors (Lipinski definition) is 1. The Hall–Kier alpha value is -1.03. The maximum absolute atomic E-state index is 5.17.